The molecule has 4 aliphatic rings. The number of rotatable bonds is 4. The Labute approximate surface area is 192 Å². The zero-order valence-corrected chi connectivity index (χ0v) is 20.0. The first-order chi connectivity index (χ1) is 15.3. The fourth-order valence-corrected chi connectivity index (χ4v) is 9.15. The number of nitrogens with two attached hydrogens (primary N) is 1. The van der Waals surface area contributed by atoms with Gasteiger partial charge in [0, 0.05) is 7.11 Å². The molecule has 1 aromatic rings. The molecule has 6 nitrogen and oxygen atoms in total. The van der Waals surface area contributed by atoms with Gasteiger partial charge in [-0.15, -0.1) is 0 Å². The van der Waals surface area contributed by atoms with E-state index in [2.05, 4.69) is 25.0 Å². The van der Waals surface area contributed by atoms with Crippen LogP contribution in [0.25, 0.3) is 0 Å². The Morgan fingerprint density at radius 3 is 2.72 bits per heavy atom. The second-order valence-electron chi connectivity index (χ2n) is 11.8. The smallest absolute Gasteiger partial charge is 0.140 e. The van der Waals surface area contributed by atoms with Gasteiger partial charge < -0.3 is 15.6 Å². The van der Waals surface area contributed by atoms with E-state index in [1.54, 1.807) is 13.3 Å². The van der Waals surface area contributed by atoms with Crippen LogP contribution in [0, 0.1) is 52.3 Å². The first-order valence-corrected chi connectivity index (χ1v) is 12.8. The van der Waals surface area contributed by atoms with Crippen LogP contribution in [0.3, 0.4) is 0 Å². The molecule has 4 saturated carbocycles. The summed E-state index contributed by atoms with van der Waals surface area (Å²) < 4.78 is 7.26. The molecule has 2 unspecified atom stereocenters. The number of hydrogen-bond donors (Lipinski definition) is 2. The summed E-state index contributed by atoms with van der Waals surface area (Å²) in [7, 11) is 1.71. The topological polar surface area (TPSA) is 97.1 Å². The van der Waals surface area contributed by atoms with Gasteiger partial charge in [0.2, 0.25) is 0 Å². The summed E-state index contributed by atoms with van der Waals surface area (Å²) in [5.41, 5.74) is 6.47. The van der Waals surface area contributed by atoms with E-state index in [1.807, 2.05) is 4.68 Å². The van der Waals surface area contributed by atoms with E-state index in [0.717, 1.165) is 42.9 Å². The number of hydrogen-bond acceptors (Lipinski definition) is 5. The molecule has 9 atom stereocenters. The molecule has 3 N–H and O–H groups in total. The SMILES string of the molecule is COC[C@@]1(O)CC[C@H]2[C@H](CC[C@H]3C4CC[C@H](C(C)n5ncc(C#N)c5N)[C@@]4(C)CC[C@H]23)C1. The van der Waals surface area contributed by atoms with Gasteiger partial charge in [-0.3, -0.25) is 0 Å². The monoisotopic (exact) mass is 440 g/mol. The largest absolute Gasteiger partial charge is 0.387 e. The van der Waals surface area contributed by atoms with E-state index in [4.69, 9.17) is 10.5 Å². The molecule has 0 bridgehead atoms. The van der Waals surface area contributed by atoms with Gasteiger partial charge in [0.25, 0.3) is 0 Å². The highest BCUT2D eigenvalue weighted by Crippen LogP contribution is 2.66. The minimum atomic E-state index is -0.605. The summed E-state index contributed by atoms with van der Waals surface area (Å²) >= 11 is 0. The Morgan fingerprint density at radius 2 is 2.00 bits per heavy atom. The van der Waals surface area contributed by atoms with Crippen LogP contribution in [0.5, 0.6) is 0 Å². The molecule has 5 rings (SSSR count). The van der Waals surface area contributed by atoms with Crippen LogP contribution in [-0.2, 0) is 4.74 Å². The maximum Gasteiger partial charge on any atom is 0.140 e. The van der Waals surface area contributed by atoms with Gasteiger partial charge in [-0.05, 0) is 106 Å². The maximum atomic E-state index is 11.0. The normalized spacial score (nSPS) is 44.2. The summed E-state index contributed by atoms with van der Waals surface area (Å²) in [5, 5.41) is 24.8. The van der Waals surface area contributed by atoms with Crippen LogP contribution in [0.4, 0.5) is 5.82 Å². The molecular formula is C26H40N4O2. The van der Waals surface area contributed by atoms with Crippen LogP contribution in [0.15, 0.2) is 6.20 Å². The van der Waals surface area contributed by atoms with E-state index < -0.39 is 5.60 Å². The van der Waals surface area contributed by atoms with Gasteiger partial charge in [0.1, 0.15) is 17.5 Å². The standard InChI is InChI=1S/C26H40N4O2/c1-16(30-24(28)18(13-27)14-29-30)22-6-7-23-21-5-4-17-12-26(31,15-32-3)11-9-19(17)20(21)8-10-25(22,23)2/h14,16-17,19-23,31H,4-12,15,28H2,1-3H3/t16?,17-,19+,20-,21-,22-,23?,25-,26-/m1/s1. The van der Waals surface area contributed by atoms with Crippen LogP contribution in [-0.4, -0.2) is 34.2 Å². The average molecular weight is 441 g/mol. The third-order valence-corrected chi connectivity index (χ3v) is 10.5. The highest BCUT2D eigenvalue weighted by Gasteiger charge is 2.58. The lowest BCUT2D eigenvalue weighted by Gasteiger charge is -2.57. The Balaban J connectivity index is 1.33. The van der Waals surface area contributed by atoms with E-state index >= 15 is 0 Å². The number of nitrogens with zero attached hydrogens (tertiary/aromatic N) is 3. The van der Waals surface area contributed by atoms with E-state index in [9.17, 15) is 10.4 Å². The fraction of sp³-hybridized carbons (Fsp3) is 0.846. The summed E-state index contributed by atoms with van der Waals surface area (Å²) in [6, 6.07) is 2.39. The second kappa shape index (κ2) is 8.02. The number of aromatic nitrogens is 2. The van der Waals surface area contributed by atoms with Crippen molar-refractivity contribution in [3.63, 3.8) is 0 Å². The Morgan fingerprint density at radius 1 is 1.22 bits per heavy atom. The Hall–Kier alpha value is -1.58. The predicted octanol–water partition coefficient (Wildman–Crippen LogP) is 4.54. The van der Waals surface area contributed by atoms with E-state index in [0.29, 0.717) is 35.2 Å². The van der Waals surface area contributed by atoms with Crippen molar-refractivity contribution < 1.29 is 9.84 Å². The molecule has 0 amide bonds. The van der Waals surface area contributed by atoms with Gasteiger partial charge in [-0.2, -0.15) is 10.4 Å². The molecule has 4 fully saturated rings. The van der Waals surface area contributed by atoms with Crippen molar-refractivity contribution in [1.82, 2.24) is 9.78 Å². The number of nitriles is 1. The fourth-order valence-electron chi connectivity index (χ4n) is 9.15. The van der Waals surface area contributed by atoms with Gasteiger partial charge in [-0.1, -0.05) is 6.92 Å². The number of ether oxygens (including phenoxy) is 1. The van der Waals surface area contributed by atoms with Crippen molar-refractivity contribution >= 4 is 5.82 Å². The van der Waals surface area contributed by atoms with Gasteiger partial charge >= 0.3 is 0 Å². The molecule has 4 aliphatic carbocycles. The third kappa shape index (κ3) is 3.30. The van der Waals surface area contributed by atoms with Crippen LogP contribution in [0.2, 0.25) is 0 Å². The molecule has 0 spiro atoms. The summed E-state index contributed by atoms with van der Waals surface area (Å²) in [5.74, 6) is 4.95. The lowest BCUT2D eigenvalue weighted by atomic mass is 9.48. The molecule has 1 aromatic heterocycles. The van der Waals surface area contributed by atoms with Crippen molar-refractivity contribution in [2.45, 2.75) is 83.3 Å². The number of methoxy groups -OCH3 is 1. The first-order valence-electron chi connectivity index (χ1n) is 12.8. The number of fused-ring (bicyclic) bond motifs is 5. The predicted molar refractivity (Wildman–Crippen MR) is 123 cm³/mol. The quantitative estimate of drug-likeness (QED) is 0.716. The average Bonchev–Trinajstić information content (AvgIpc) is 3.32. The molecule has 176 valence electrons. The van der Waals surface area contributed by atoms with Gasteiger partial charge in [0.15, 0.2) is 0 Å². The molecular weight excluding hydrogens is 400 g/mol. The summed E-state index contributed by atoms with van der Waals surface area (Å²) in [4.78, 5) is 0. The molecule has 1 heterocycles. The molecule has 0 saturated heterocycles. The van der Waals surface area contributed by atoms with Crippen LogP contribution >= 0.6 is 0 Å². The van der Waals surface area contributed by atoms with Crippen molar-refractivity contribution in [2.24, 2.45) is 40.9 Å². The highest BCUT2D eigenvalue weighted by atomic mass is 16.5. The summed E-state index contributed by atoms with van der Waals surface area (Å²) in [6.45, 7) is 5.27. The minimum Gasteiger partial charge on any atom is -0.387 e. The Bertz CT molecular complexity index is 893. The maximum absolute atomic E-state index is 11.0. The number of nitrogen functional groups attached to an aromatic ring is 1. The zero-order valence-electron chi connectivity index (χ0n) is 20.0. The highest BCUT2D eigenvalue weighted by molar-refractivity contribution is 5.47. The Kier molecular flexibility index (Phi) is 5.57. The molecule has 32 heavy (non-hydrogen) atoms. The number of aliphatic hydroxyl groups is 1. The van der Waals surface area contributed by atoms with E-state index in [-0.39, 0.29) is 6.04 Å². The molecule has 0 aliphatic heterocycles. The van der Waals surface area contributed by atoms with Crippen molar-refractivity contribution in [3.05, 3.63) is 11.8 Å². The van der Waals surface area contributed by atoms with Gasteiger partial charge in [-0.25, -0.2) is 4.68 Å². The van der Waals surface area contributed by atoms with Crippen LogP contribution in [0.1, 0.15) is 83.2 Å². The molecule has 6 heteroatoms. The molecule has 0 radical (unpaired) electrons. The lowest BCUT2D eigenvalue weighted by molar-refractivity contribution is -0.125. The lowest BCUT2D eigenvalue weighted by Crippen LogP contribution is -2.52. The molecule has 0 aromatic carbocycles. The summed E-state index contributed by atoms with van der Waals surface area (Å²) in [6.07, 6.45) is 12.3. The number of anilines is 1. The van der Waals surface area contributed by atoms with E-state index in [1.165, 1.54) is 38.5 Å². The van der Waals surface area contributed by atoms with Crippen molar-refractivity contribution in [3.8, 4) is 6.07 Å². The zero-order chi connectivity index (χ0) is 22.7. The first kappa shape index (κ1) is 22.2. The van der Waals surface area contributed by atoms with Crippen molar-refractivity contribution in [1.29, 1.82) is 5.26 Å². The van der Waals surface area contributed by atoms with Crippen LogP contribution < -0.4 is 5.73 Å². The second-order valence-corrected chi connectivity index (χ2v) is 11.8. The van der Waals surface area contributed by atoms with Gasteiger partial charge in [0.05, 0.1) is 24.4 Å². The third-order valence-electron chi connectivity index (χ3n) is 10.5. The minimum absolute atomic E-state index is 0.221. The van der Waals surface area contributed by atoms with Crippen molar-refractivity contribution in [2.75, 3.05) is 19.5 Å².